The lowest BCUT2D eigenvalue weighted by atomic mass is 9.94. The number of carboxylic acid groups (broad SMARTS) is 2. The molecule has 70 heavy (non-hydrogen) atoms. The minimum Gasteiger partial charge on any atom is -0.480 e. The van der Waals surface area contributed by atoms with Crippen LogP contribution < -0.4 is 43.4 Å². The Kier molecular flexibility index (Phi) is 24.5. The number of aliphatic carboxylic acids is 2. The van der Waals surface area contributed by atoms with Gasteiger partial charge in [-0.25, -0.2) is 9.59 Å². The summed E-state index contributed by atoms with van der Waals surface area (Å²) in [5.74, 6) is -11.0. The Morgan fingerprint density at radius 1 is 0.871 bits per heavy atom. The van der Waals surface area contributed by atoms with Gasteiger partial charge in [-0.3, -0.25) is 38.6 Å². The number of ether oxygens (including phenoxy) is 1. The van der Waals surface area contributed by atoms with E-state index in [0.717, 1.165) is 10.5 Å². The third-order valence-electron chi connectivity index (χ3n) is 11.5. The second kappa shape index (κ2) is 29.0. The van der Waals surface area contributed by atoms with Crippen molar-refractivity contribution in [1.29, 1.82) is 0 Å². The van der Waals surface area contributed by atoms with Crippen molar-refractivity contribution in [2.75, 3.05) is 20.7 Å². The Morgan fingerprint density at radius 3 is 2.07 bits per heavy atom. The lowest BCUT2D eigenvalue weighted by molar-refractivity contribution is -0.144. The first kappa shape index (κ1) is 59.0. The molecule has 1 saturated heterocycles. The normalized spacial score (nSPS) is 24.4. The van der Waals surface area contributed by atoms with Crippen molar-refractivity contribution >= 4 is 59.2 Å². The molecule has 0 spiro atoms. The van der Waals surface area contributed by atoms with Gasteiger partial charge in [-0.1, -0.05) is 88.4 Å². The molecule has 0 bridgehead atoms. The Hall–Kier alpha value is -7.10. The fraction of sp³-hybridized carbons (Fsp3) is 0.542. The van der Waals surface area contributed by atoms with Crippen molar-refractivity contribution in [2.24, 2.45) is 34.2 Å². The van der Waals surface area contributed by atoms with Crippen LogP contribution in [0.15, 0.2) is 71.4 Å². The van der Waals surface area contributed by atoms with E-state index in [4.69, 9.17) is 16.2 Å². The lowest BCUT2D eigenvalue weighted by Crippen LogP contribution is -2.57. The largest absolute Gasteiger partial charge is 0.480 e. The molecule has 9 atom stereocenters. The Morgan fingerprint density at radius 2 is 1.49 bits per heavy atom. The van der Waals surface area contributed by atoms with E-state index in [1.807, 2.05) is 43.3 Å². The summed E-state index contributed by atoms with van der Waals surface area (Å²) in [6, 6.07) is 1.07. The number of carboxylic acids is 2. The molecule has 7 amide bonds. The molecular weight excluding hydrogens is 909 g/mol. The third kappa shape index (κ3) is 20.2. The maximum atomic E-state index is 14.3. The minimum atomic E-state index is -1.85. The molecule has 386 valence electrons. The van der Waals surface area contributed by atoms with Crippen LogP contribution in [0, 0.1) is 17.8 Å². The van der Waals surface area contributed by atoms with E-state index < -0.39 is 120 Å². The maximum absolute atomic E-state index is 14.3. The highest BCUT2D eigenvalue weighted by Crippen LogP contribution is 2.19. The number of methoxy groups -OCH3 is 1. The highest BCUT2D eigenvalue weighted by Gasteiger charge is 2.34. The molecule has 2 rings (SSSR count). The lowest BCUT2D eigenvalue weighted by Gasteiger charge is -2.27. The fourth-order valence-corrected chi connectivity index (χ4v) is 7.26. The van der Waals surface area contributed by atoms with Crippen LogP contribution in [0.3, 0.4) is 0 Å². The molecule has 0 saturated carbocycles. The first-order valence-electron chi connectivity index (χ1n) is 23.1. The summed E-state index contributed by atoms with van der Waals surface area (Å²) in [4.78, 5) is 125. The molecule has 1 aromatic carbocycles. The first-order chi connectivity index (χ1) is 32.8. The van der Waals surface area contributed by atoms with Crippen LogP contribution in [0.5, 0.6) is 0 Å². The number of benzene rings is 1. The second-order valence-electron chi connectivity index (χ2n) is 17.8. The van der Waals surface area contributed by atoms with Crippen molar-refractivity contribution < 1.29 is 58.1 Å². The summed E-state index contributed by atoms with van der Waals surface area (Å²) in [5.41, 5.74) is 12.3. The Bertz CT molecular complexity index is 2120. The van der Waals surface area contributed by atoms with Gasteiger partial charge in [0.15, 0.2) is 5.96 Å². The maximum Gasteiger partial charge on any atom is 0.326 e. The van der Waals surface area contributed by atoms with Gasteiger partial charge in [-0.05, 0) is 57.4 Å². The van der Waals surface area contributed by atoms with Crippen molar-refractivity contribution in [3.8, 4) is 0 Å². The van der Waals surface area contributed by atoms with Gasteiger partial charge in [-0.2, -0.15) is 0 Å². The SMILES string of the molecule is C=C1C(=O)NC(C)C(=O)NC(CC(C)C)C(=O)NC(C(=O)O)CC(=O)NC(CCCN=C(N)N)C(=O)NC(C=CC(C)=CC(C)C(Cc2ccccc2)OC)C(C)C(=O)NC(C(=O)O)CCC(=O)N1C. The number of likely N-dealkylation sites (N-methyl/N-ethyl adjacent to an activating group) is 1. The number of nitrogens with zero attached hydrogens (tertiary/aromatic N) is 2. The predicted octanol–water partition coefficient (Wildman–Crippen LogP) is 0.372. The first-order valence-corrected chi connectivity index (χ1v) is 23.1. The van der Waals surface area contributed by atoms with Gasteiger partial charge in [-0.15, -0.1) is 0 Å². The third-order valence-corrected chi connectivity index (χ3v) is 11.5. The number of hydrogen-bond acceptors (Lipinski definition) is 11. The summed E-state index contributed by atoms with van der Waals surface area (Å²) in [5, 5.41) is 35.2. The number of aliphatic imine (C=N–C) groups is 1. The molecule has 1 heterocycles. The van der Waals surface area contributed by atoms with E-state index in [1.165, 1.54) is 27.0 Å². The van der Waals surface area contributed by atoms with E-state index in [1.54, 1.807) is 34.0 Å². The number of nitrogens with one attached hydrogen (secondary N) is 6. The summed E-state index contributed by atoms with van der Waals surface area (Å²) in [7, 11) is 2.82. The molecule has 0 aromatic heterocycles. The minimum absolute atomic E-state index is 0.0117. The average Bonchev–Trinajstić information content (AvgIpc) is 3.29. The Labute approximate surface area is 408 Å². The van der Waals surface area contributed by atoms with Crippen molar-refractivity contribution in [2.45, 2.75) is 129 Å². The topological polar surface area (TPSA) is 343 Å². The molecular formula is C48H72N10O12. The number of carbonyl (C=O) groups is 9. The molecule has 1 aliphatic heterocycles. The van der Waals surface area contributed by atoms with E-state index in [9.17, 15) is 53.4 Å². The molecule has 12 N–H and O–H groups in total. The monoisotopic (exact) mass is 981 g/mol. The van der Waals surface area contributed by atoms with Gasteiger partial charge >= 0.3 is 11.9 Å². The smallest absolute Gasteiger partial charge is 0.326 e. The predicted molar refractivity (Wildman–Crippen MR) is 260 cm³/mol. The fourth-order valence-electron chi connectivity index (χ4n) is 7.26. The van der Waals surface area contributed by atoms with Crippen molar-refractivity contribution in [1.82, 2.24) is 36.8 Å². The van der Waals surface area contributed by atoms with Gasteiger partial charge < -0.3 is 63.2 Å². The molecule has 22 nitrogen and oxygen atoms in total. The van der Waals surface area contributed by atoms with Crippen LogP contribution >= 0.6 is 0 Å². The molecule has 1 aliphatic rings. The van der Waals surface area contributed by atoms with Gasteiger partial charge in [0.25, 0.3) is 5.91 Å². The highest BCUT2D eigenvalue weighted by molar-refractivity contribution is 6.00. The van der Waals surface area contributed by atoms with Crippen LogP contribution in [0.2, 0.25) is 0 Å². The zero-order chi connectivity index (χ0) is 52.8. The van der Waals surface area contributed by atoms with E-state index >= 15 is 0 Å². The molecule has 0 aliphatic carbocycles. The summed E-state index contributed by atoms with van der Waals surface area (Å²) < 4.78 is 5.81. The zero-order valence-corrected chi connectivity index (χ0v) is 41.3. The number of guanidine groups is 1. The van der Waals surface area contributed by atoms with Crippen LogP contribution in [-0.2, 0) is 54.3 Å². The number of amides is 7. The standard InChI is InChI=1S/C48H72N10O12/c1-26(2)22-36-45(65)57-37(47(68)69)25-39(59)53-34(16-13-21-51-48(49)50)44(64)54-33(18-17-27(3)23-28(4)38(70-9)24-32-14-11-10-12-15-32)29(5)41(61)55-35(46(66)67)19-20-40(60)58(8)31(7)43(63)52-30(6)42(62)56-36/h10-12,14-15,17-18,23,26,28-30,33-38H,7,13,16,19-22,24-25H2,1-6,8-9H3,(H,52,63)(H,53,59)(H,54,64)(H,55,61)(H,56,62)(H,57,65)(H,66,67)(H,68,69)(H4,49,50,51). The van der Waals surface area contributed by atoms with E-state index in [-0.39, 0.29) is 49.7 Å². The molecule has 22 heteroatoms. The summed E-state index contributed by atoms with van der Waals surface area (Å²) >= 11 is 0. The molecule has 1 aromatic rings. The molecule has 1 fully saturated rings. The van der Waals surface area contributed by atoms with Gasteiger partial charge in [0.05, 0.1) is 24.5 Å². The van der Waals surface area contributed by atoms with Gasteiger partial charge in [0.2, 0.25) is 35.4 Å². The van der Waals surface area contributed by atoms with E-state index in [2.05, 4.69) is 43.5 Å². The quantitative estimate of drug-likeness (QED) is 0.0374. The van der Waals surface area contributed by atoms with E-state index in [0.29, 0.717) is 12.0 Å². The van der Waals surface area contributed by atoms with Crippen molar-refractivity contribution in [3.05, 3.63) is 72.0 Å². The summed E-state index contributed by atoms with van der Waals surface area (Å²) in [6.45, 7) is 13.6. The zero-order valence-electron chi connectivity index (χ0n) is 41.3. The van der Waals surface area contributed by atoms with Gasteiger partial charge in [0, 0.05) is 33.0 Å². The van der Waals surface area contributed by atoms with Crippen LogP contribution in [0.1, 0.15) is 85.6 Å². The number of allylic oxidation sites excluding steroid dienone is 2. The van der Waals surface area contributed by atoms with Gasteiger partial charge in [0.1, 0.15) is 35.9 Å². The van der Waals surface area contributed by atoms with Crippen LogP contribution in [0.4, 0.5) is 0 Å². The molecule has 9 unspecified atom stereocenters. The van der Waals surface area contributed by atoms with Crippen LogP contribution in [0.25, 0.3) is 0 Å². The highest BCUT2D eigenvalue weighted by atomic mass is 16.5. The van der Waals surface area contributed by atoms with Crippen molar-refractivity contribution in [3.63, 3.8) is 0 Å². The number of nitrogens with two attached hydrogens (primary N) is 2. The Balaban J connectivity index is 2.69. The number of hydrogen-bond donors (Lipinski definition) is 10. The van der Waals surface area contributed by atoms with Crippen LogP contribution in [-0.4, -0.2) is 137 Å². The average molecular weight is 981 g/mol. The summed E-state index contributed by atoms with van der Waals surface area (Å²) in [6.07, 6.45) is 3.79. The number of carbonyl (C=O) groups excluding carboxylic acids is 7. The number of rotatable bonds is 15. The second-order valence-corrected chi connectivity index (χ2v) is 17.8. The molecule has 0 radical (unpaired) electrons.